The van der Waals surface area contributed by atoms with Gasteiger partial charge in [0.15, 0.2) is 0 Å². The van der Waals surface area contributed by atoms with E-state index in [1.54, 1.807) is 0 Å². The van der Waals surface area contributed by atoms with Crippen molar-refractivity contribution < 1.29 is 9.53 Å². The van der Waals surface area contributed by atoms with Crippen molar-refractivity contribution in [2.24, 2.45) is 0 Å². The first-order valence-electron chi connectivity index (χ1n) is 7.64. The molecular weight excluding hydrogens is 262 g/mol. The molecule has 2 rings (SSSR count). The van der Waals surface area contributed by atoms with E-state index in [-0.39, 0.29) is 12.0 Å². The fraction of sp³-hybridized carbons (Fsp3) is 0.500. The number of benzene rings is 1. The zero-order chi connectivity index (χ0) is 15.3. The van der Waals surface area contributed by atoms with Gasteiger partial charge in [-0.25, -0.2) is 0 Å². The monoisotopic (exact) mass is 287 g/mol. The van der Waals surface area contributed by atoms with Gasteiger partial charge in [0.2, 0.25) is 0 Å². The number of rotatable bonds is 4. The maximum atomic E-state index is 12.2. The number of carbonyl (C=O) groups is 1. The largest absolute Gasteiger partial charge is 0.459 e. The topological polar surface area (TPSA) is 29.5 Å². The second-order valence-corrected chi connectivity index (χ2v) is 6.50. The smallest absolute Gasteiger partial charge is 0.323 e. The fourth-order valence-corrected chi connectivity index (χ4v) is 2.57. The molecule has 1 aliphatic heterocycles. The third-order valence-electron chi connectivity index (χ3n) is 3.49. The Morgan fingerprint density at radius 1 is 1.33 bits per heavy atom. The molecule has 1 atom stereocenters. The van der Waals surface area contributed by atoms with Crippen LogP contribution in [0.4, 0.5) is 0 Å². The molecule has 1 aliphatic rings. The Balaban J connectivity index is 1.90. The average Bonchev–Trinajstić information content (AvgIpc) is 2.86. The van der Waals surface area contributed by atoms with Crippen LogP contribution in [0.25, 0.3) is 6.08 Å². The Morgan fingerprint density at radius 2 is 2.05 bits per heavy atom. The van der Waals surface area contributed by atoms with Crippen LogP contribution in [-0.2, 0) is 9.53 Å². The first-order valence-corrected chi connectivity index (χ1v) is 7.64. The standard InChI is InChI=1S/C18H25NO2/c1-18(2,3)21-17(20)16-12-8-14-19(16)13-7-11-15-9-5-4-6-10-15/h4-7,9-11,16H,8,12-14H2,1-3H3/b11-7+/t16-/m0/s1. The van der Waals surface area contributed by atoms with E-state index in [1.165, 1.54) is 5.56 Å². The highest BCUT2D eigenvalue weighted by atomic mass is 16.6. The quantitative estimate of drug-likeness (QED) is 0.794. The molecule has 0 aliphatic carbocycles. The minimum absolute atomic E-state index is 0.0897. The molecule has 0 aromatic heterocycles. The van der Waals surface area contributed by atoms with Crippen LogP contribution in [0.3, 0.4) is 0 Å². The average molecular weight is 287 g/mol. The van der Waals surface area contributed by atoms with Gasteiger partial charge in [0.1, 0.15) is 11.6 Å². The summed E-state index contributed by atoms with van der Waals surface area (Å²) < 4.78 is 5.51. The maximum absolute atomic E-state index is 12.2. The first kappa shape index (κ1) is 15.8. The highest BCUT2D eigenvalue weighted by molar-refractivity contribution is 5.76. The van der Waals surface area contributed by atoms with Crippen molar-refractivity contribution in [1.82, 2.24) is 4.90 Å². The summed E-state index contributed by atoms with van der Waals surface area (Å²) in [4.78, 5) is 14.4. The van der Waals surface area contributed by atoms with E-state index in [1.807, 2.05) is 39.0 Å². The van der Waals surface area contributed by atoms with Gasteiger partial charge >= 0.3 is 5.97 Å². The fourth-order valence-electron chi connectivity index (χ4n) is 2.57. The highest BCUT2D eigenvalue weighted by Crippen LogP contribution is 2.21. The first-order chi connectivity index (χ1) is 9.96. The van der Waals surface area contributed by atoms with E-state index < -0.39 is 5.60 Å². The lowest BCUT2D eigenvalue weighted by Gasteiger charge is -2.26. The van der Waals surface area contributed by atoms with Gasteiger partial charge in [-0.1, -0.05) is 42.5 Å². The molecule has 3 nitrogen and oxygen atoms in total. The Morgan fingerprint density at radius 3 is 2.71 bits per heavy atom. The highest BCUT2D eigenvalue weighted by Gasteiger charge is 2.33. The van der Waals surface area contributed by atoms with E-state index >= 15 is 0 Å². The zero-order valence-electron chi connectivity index (χ0n) is 13.2. The summed E-state index contributed by atoms with van der Waals surface area (Å²) in [5.41, 5.74) is 0.774. The maximum Gasteiger partial charge on any atom is 0.323 e. The number of hydrogen-bond donors (Lipinski definition) is 0. The third-order valence-corrected chi connectivity index (χ3v) is 3.49. The van der Waals surface area contributed by atoms with Gasteiger partial charge in [0.25, 0.3) is 0 Å². The van der Waals surface area contributed by atoms with Crippen LogP contribution in [0.1, 0.15) is 39.2 Å². The number of likely N-dealkylation sites (tertiary alicyclic amines) is 1. The van der Waals surface area contributed by atoms with E-state index in [0.717, 1.165) is 25.9 Å². The lowest BCUT2D eigenvalue weighted by molar-refractivity contribution is -0.160. The lowest BCUT2D eigenvalue weighted by Crippen LogP contribution is -2.40. The van der Waals surface area contributed by atoms with Gasteiger partial charge in [-0.15, -0.1) is 0 Å². The second-order valence-electron chi connectivity index (χ2n) is 6.50. The lowest BCUT2D eigenvalue weighted by atomic mass is 10.1. The van der Waals surface area contributed by atoms with Crippen LogP contribution >= 0.6 is 0 Å². The van der Waals surface area contributed by atoms with E-state index in [0.29, 0.717) is 0 Å². The molecule has 21 heavy (non-hydrogen) atoms. The van der Waals surface area contributed by atoms with Crippen molar-refractivity contribution in [3.05, 3.63) is 42.0 Å². The van der Waals surface area contributed by atoms with Crippen molar-refractivity contribution in [1.29, 1.82) is 0 Å². The minimum atomic E-state index is -0.411. The Bertz CT molecular complexity index is 488. The molecule has 0 unspecified atom stereocenters. The molecule has 0 bridgehead atoms. The predicted molar refractivity (Wildman–Crippen MR) is 85.9 cm³/mol. The number of esters is 1. The molecule has 3 heteroatoms. The molecule has 1 aromatic rings. The van der Waals surface area contributed by atoms with Gasteiger partial charge in [0.05, 0.1) is 0 Å². The van der Waals surface area contributed by atoms with Gasteiger partial charge < -0.3 is 4.74 Å². The second kappa shape index (κ2) is 6.90. The van der Waals surface area contributed by atoms with E-state index in [2.05, 4.69) is 29.2 Å². The zero-order valence-corrected chi connectivity index (χ0v) is 13.2. The third kappa shape index (κ3) is 5.01. The van der Waals surface area contributed by atoms with Crippen molar-refractivity contribution >= 4 is 12.0 Å². The van der Waals surface area contributed by atoms with Crippen LogP contribution in [0.5, 0.6) is 0 Å². The van der Waals surface area contributed by atoms with Crippen molar-refractivity contribution in [3.8, 4) is 0 Å². The summed E-state index contributed by atoms with van der Waals surface area (Å²) in [6.07, 6.45) is 6.18. The summed E-state index contributed by atoms with van der Waals surface area (Å²) in [6, 6.07) is 10.1. The molecule has 1 aromatic carbocycles. The molecule has 0 spiro atoms. The van der Waals surface area contributed by atoms with E-state index in [4.69, 9.17) is 4.74 Å². The molecule has 1 fully saturated rings. The molecule has 0 saturated carbocycles. The molecular formula is C18H25NO2. The molecule has 0 amide bonds. The van der Waals surface area contributed by atoms with Gasteiger partial charge in [0, 0.05) is 6.54 Å². The summed E-state index contributed by atoms with van der Waals surface area (Å²) in [5, 5.41) is 0. The summed E-state index contributed by atoms with van der Waals surface area (Å²) in [7, 11) is 0. The number of hydrogen-bond acceptors (Lipinski definition) is 3. The van der Waals surface area contributed by atoms with Crippen LogP contribution < -0.4 is 0 Å². The van der Waals surface area contributed by atoms with Gasteiger partial charge in [-0.3, -0.25) is 9.69 Å². The molecule has 114 valence electrons. The number of carbonyl (C=O) groups excluding carboxylic acids is 1. The molecule has 0 radical (unpaired) electrons. The van der Waals surface area contributed by atoms with Crippen molar-refractivity contribution in [2.75, 3.05) is 13.1 Å². The van der Waals surface area contributed by atoms with Gasteiger partial charge in [-0.2, -0.15) is 0 Å². The van der Waals surface area contributed by atoms with Crippen LogP contribution in [0.15, 0.2) is 36.4 Å². The van der Waals surface area contributed by atoms with Crippen molar-refractivity contribution in [2.45, 2.75) is 45.3 Å². The SMILES string of the molecule is CC(C)(C)OC(=O)[C@@H]1CCCN1C/C=C/c1ccccc1. The van der Waals surface area contributed by atoms with E-state index in [9.17, 15) is 4.79 Å². The minimum Gasteiger partial charge on any atom is -0.459 e. The summed E-state index contributed by atoms with van der Waals surface area (Å²) in [6.45, 7) is 7.50. The number of nitrogens with zero attached hydrogens (tertiary/aromatic N) is 1. The Kier molecular flexibility index (Phi) is 5.18. The van der Waals surface area contributed by atoms with Crippen LogP contribution in [0, 0.1) is 0 Å². The molecule has 1 saturated heterocycles. The Labute approximate surface area is 127 Å². The summed E-state index contributed by atoms with van der Waals surface area (Å²) in [5.74, 6) is -0.0897. The van der Waals surface area contributed by atoms with Crippen LogP contribution in [0.2, 0.25) is 0 Å². The molecule has 0 N–H and O–H groups in total. The predicted octanol–water partition coefficient (Wildman–Crippen LogP) is 3.51. The summed E-state index contributed by atoms with van der Waals surface area (Å²) >= 11 is 0. The van der Waals surface area contributed by atoms with Crippen LogP contribution in [-0.4, -0.2) is 35.6 Å². The van der Waals surface area contributed by atoms with Crippen molar-refractivity contribution in [3.63, 3.8) is 0 Å². The van der Waals surface area contributed by atoms with Gasteiger partial charge in [-0.05, 0) is 45.7 Å². The number of ether oxygens (including phenoxy) is 1. The normalized spacial score (nSPS) is 20.0. The molecule has 1 heterocycles. The Hall–Kier alpha value is -1.61.